The van der Waals surface area contributed by atoms with Crippen molar-refractivity contribution in [3.63, 3.8) is 0 Å². The van der Waals surface area contributed by atoms with Gasteiger partial charge in [0.15, 0.2) is 0 Å². The Kier molecular flexibility index (Phi) is 3.48. The minimum atomic E-state index is 0.519. The van der Waals surface area contributed by atoms with E-state index in [2.05, 4.69) is 17.9 Å². The van der Waals surface area contributed by atoms with Crippen LogP contribution >= 0.6 is 0 Å². The molecule has 0 spiro atoms. The van der Waals surface area contributed by atoms with Crippen LogP contribution in [-0.4, -0.2) is 13.1 Å². The number of benzene rings is 1. The van der Waals surface area contributed by atoms with Gasteiger partial charge in [-0.2, -0.15) is 0 Å². The molecule has 0 heterocycles. The first kappa shape index (κ1) is 9.23. The van der Waals surface area contributed by atoms with Gasteiger partial charge in [0.25, 0.3) is 0 Å². The van der Waals surface area contributed by atoms with E-state index in [-0.39, 0.29) is 0 Å². The van der Waals surface area contributed by atoms with Crippen molar-refractivity contribution in [3.8, 4) is 24.7 Å². The summed E-state index contributed by atoms with van der Waals surface area (Å²) >= 11 is 0. The van der Waals surface area contributed by atoms with Gasteiger partial charge in [0, 0.05) is 11.8 Å². The number of rotatable bonds is 3. The van der Waals surface area contributed by atoms with Gasteiger partial charge in [0.2, 0.25) is 0 Å². The second-order valence-electron chi connectivity index (χ2n) is 2.51. The highest BCUT2D eigenvalue weighted by atomic mass is 15.1. The molecule has 0 atom stereocenters. The normalized spacial score (nSPS) is 8.46. The summed E-state index contributed by atoms with van der Waals surface area (Å²) in [5, 5.41) is 0. The average molecular weight is 168 g/mol. The molecule has 0 aliphatic carbocycles. The Bertz CT molecular complexity index is 310. The maximum atomic E-state index is 5.22. The standard InChI is InChI=1S/C12H10N/c1-3-10-13(11-4-2)12-8-6-5-7-9-12/h1-2,5-8H,10-11H2. The molecule has 13 heavy (non-hydrogen) atoms. The van der Waals surface area contributed by atoms with E-state index in [9.17, 15) is 0 Å². The van der Waals surface area contributed by atoms with Gasteiger partial charge in [-0.05, 0) is 6.07 Å². The zero-order valence-corrected chi connectivity index (χ0v) is 7.33. The molecule has 1 nitrogen and oxygen atoms in total. The molecule has 1 radical (unpaired) electrons. The predicted molar refractivity (Wildman–Crippen MR) is 55.2 cm³/mol. The number of nitrogens with zero attached hydrogens (tertiary/aromatic N) is 1. The summed E-state index contributed by atoms with van der Waals surface area (Å²) in [5.41, 5.74) is 0.943. The second-order valence-corrected chi connectivity index (χ2v) is 2.51. The van der Waals surface area contributed by atoms with E-state index in [1.807, 2.05) is 29.2 Å². The van der Waals surface area contributed by atoms with Crippen molar-refractivity contribution in [2.75, 3.05) is 18.0 Å². The van der Waals surface area contributed by atoms with Crippen molar-refractivity contribution in [3.05, 3.63) is 30.3 Å². The molecule has 1 aromatic carbocycles. The van der Waals surface area contributed by atoms with Gasteiger partial charge in [-0.25, -0.2) is 0 Å². The van der Waals surface area contributed by atoms with Crippen LogP contribution in [0.4, 0.5) is 5.69 Å². The van der Waals surface area contributed by atoms with Gasteiger partial charge in [0.1, 0.15) is 0 Å². The van der Waals surface area contributed by atoms with E-state index >= 15 is 0 Å². The monoisotopic (exact) mass is 168 g/mol. The molecule has 0 saturated carbocycles. The van der Waals surface area contributed by atoms with E-state index in [1.54, 1.807) is 0 Å². The van der Waals surface area contributed by atoms with Gasteiger partial charge in [-0.3, -0.25) is 0 Å². The van der Waals surface area contributed by atoms with Crippen molar-refractivity contribution >= 4 is 5.69 Å². The Morgan fingerprint density at radius 1 is 1.23 bits per heavy atom. The molecule has 0 aromatic heterocycles. The molecule has 0 bridgehead atoms. The fraction of sp³-hybridized carbons (Fsp3) is 0.167. The third-order valence-corrected chi connectivity index (χ3v) is 1.60. The molecule has 0 amide bonds. The zero-order valence-electron chi connectivity index (χ0n) is 7.33. The lowest BCUT2D eigenvalue weighted by Gasteiger charge is -2.18. The third kappa shape index (κ3) is 2.58. The van der Waals surface area contributed by atoms with E-state index < -0.39 is 0 Å². The van der Waals surface area contributed by atoms with Crippen LogP contribution in [0.2, 0.25) is 0 Å². The maximum Gasteiger partial charge on any atom is 0.0801 e. The van der Waals surface area contributed by atoms with Crippen molar-refractivity contribution in [2.45, 2.75) is 0 Å². The van der Waals surface area contributed by atoms with Gasteiger partial charge in [-0.1, -0.05) is 30.0 Å². The summed E-state index contributed by atoms with van der Waals surface area (Å²) in [6, 6.07) is 10.7. The summed E-state index contributed by atoms with van der Waals surface area (Å²) in [5.74, 6) is 5.12. The Morgan fingerprint density at radius 3 is 2.38 bits per heavy atom. The maximum absolute atomic E-state index is 5.22. The summed E-state index contributed by atoms with van der Waals surface area (Å²) in [6.07, 6.45) is 10.4. The fourth-order valence-electron chi connectivity index (χ4n) is 1.03. The van der Waals surface area contributed by atoms with Crippen LogP contribution in [0.1, 0.15) is 0 Å². The average Bonchev–Trinajstić information content (AvgIpc) is 2.19. The third-order valence-electron chi connectivity index (χ3n) is 1.60. The number of terminal acetylenes is 2. The lowest BCUT2D eigenvalue weighted by atomic mass is 10.3. The van der Waals surface area contributed by atoms with Crippen LogP contribution in [0.3, 0.4) is 0 Å². The molecule has 0 unspecified atom stereocenters. The Labute approximate surface area is 79.4 Å². The second kappa shape index (κ2) is 4.91. The molecule has 1 rings (SSSR count). The largest absolute Gasteiger partial charge is 0.349 e. The van der Waals surface area contributed by atoms with Gasteiger partial charge in [0.05, 0.1) is 13.1 Å². The van der Waals surface area contributed by atoms with Crippen molar-refractivity contribution in [2.24, 2.45) is 0 Å². The van der Waals surface area contributed by atoms with Crippen LogP contribution in [-0.2, 0) is 0 Å². The van der Waals surface area contributed by atoms with E-state index in [1.165, 1.54) is 0 Å². The summed E-state index contributed by atoms with van der Waals surface area (Å²) in [6.45, 7) is 1.04. The number of hydrogen-bond acceptors (Lipinski definition) is 1. The van der Waals surface area contributed by atoms with Crippen molar-refractivity contribution < 1.29 is 0 Å². The molecule has 1 heteroatoms. The van der Waals surface area contributed by atoms with Crippen LogP contribution in [0, 0.1) is 30.8 Å². The first-order chi connectivity index (χ1) is 6.38. The molecule has 1 aromatic rings. The topological polar surface area (TPSA) is 3.24 Å². The lowest BCUT2D eigenvalue weighted by molar-refractivity contribution is 0.985. The van der Waals surface area contributed by atoms with E-state index in [0.29, 0.717) is 13.1 Å². The number of hydrogen-bond donors (Lipinski definition) is 0. The SMILES string of the molecule is C#CCN(CC#C)c1[c]cccc1. The predicted octanol–water partition coefficient (Wildman–Crippen LogP) is 1.56. The van der Waals surface area contributed by atoms with Crippen molar-refractivity contribution in [1.29, 1.82) is 0 Å². The molecular formula is C12H10N. The minimum Gasteiger partial charge on any atom is -0.349 e. The first-order valence-electron chi connectivity index (χ1n) is 3.97. The van der Waals surface area contributed by atoms with E-state index in [4.69, 9.17) is 12.8 Å². The molecular weight excluding hydrogens is 158 g/mol. The van der Waals surface area contributed by atoms with Gasteiger partial charge in [-0.15, -0.1) is 12.8 Å². The molecule has 0 aliphatic rings. The highest BCUT2D eigenvalue weighted by Gasteiger charge is 2.01. The Balaban J connectivity index is 2.78. The lowest BCUT2D eigenvalue weighted by Crippen LogP contribution is -2.23. The molecule has 0 N–H and O–H groups in total. The molecule has 63 valence electrons. The molecule has 0 aliphatic heterocycles. The van der Waals surface area contributed by atoms with E-state index in [0.717, 1.165) is 5.69 Å². The van der Waals surface area contributed by atoms with Crippen molar-refractivity contribution in [1.82, 2.24) is 0 Å². The summed E-state index contributed by atoms with van der Waals surface area (Å²) in [4.78, 5) is 1.92. The number of anilines is 1. The number of para-hydroxylation sites is 1. The summed E-state index contributed by atoms with van der Waals surface area (Å²) < 4.78 is 0. The summed E-state index contributed by atoms with van der Waals surface area (Å²) in [7, 11) is 0. The van der Waals surface area contributed by atoms with Crippen LogP contribution < -0.4 is 4.90 Å². The Morgan fingerprint density at radius 2 is 1.92 bits per heavy atom. The van der Waals surface area contributed by atoms with Crippen LogP contribution in [0.25, 0.3) is 0 Å². The highest BCUT2D eigenvalue weighted by molar-refractivity contribution is 5.47. The minimum absolute atomic E-state index is 0.519. The zero-order chi connectivity index (χ0) is 9.52. The highest BCUT2D eigenvalue weighted by Crippen LogP contribution is 2.10. The van der Waals surface area contributed by atoms with Gasteiger partial charge < -0.3 is 4.90 Å². The molecule has 0 fully saturated rings. The molecule has 0 saturated heterocycles. The smallest absolute Gasteiger partial charge is 0.0801 e. The Hall–Kier alpha value is -1.86. The quantitative estimate of drug-likeness (QED) is 0.619. The van der Waals surface area contributed by atoms with Gasteiger partial charge >= 0.3 is 0 Å². The van der Waals surface area contributed by atoms with Crippen LogP contribution in [0.15, 0.2) is 24.3 Å². The first-order valence-corrected chi connectivity index (χ1v) is 3.97. The van der Waals surface area contributed by atoms with Crippen LogP contribution in [0.5, 0.6) is 0 Å². The fourth-order valence-corrected chi connectivity index (χ4v) is 1.03.